The maximum absolute atomic E-state index is 12.9. The van der Waals surface area contributed by atoms with Crippen molar-refractivity contribution < 1.29 is 14.1 Å². The Morgan fingerprint density at radius 1 is 0.917 bits per heavy atom. The Balaban J connectivity index is 1.38. The lowest BCUT2D eigenvalue weighted by Gasteiger charge is -2.12. The number of nitrogens with zero attached hydrogens (tertiary/aromatic N) is 4. The first-order valence-corrected chi connectivity index (χ1v) is 12.1. The molecule has 0 atom stereocenters. The molecule has 0 N–H and O–H groups in total. The average molecular weight is 497 g/mol. The monoisotopic (exact) mass is 496 g/mol. The zero-order valence-electron chi connectivity index (χ0n) is 19.2. The van der Waals surface area contributed by atoms with Gasteiger partial charge in [-0.25, -0.2) is 0 Å². The number of para-hydroxylation sites is 1. The first kappa shape index (κ1) is 23.3. The molecule has 0 radical (unpaired) electrons. The molecule has 0 bridgehead atoms. The zero-order chi connectivity index (χ0) is 25.1. The summed E-state index contributed by atoms with van der Waals surface area (Å²) in [6, 6.07) is 27.0. The van der Waals surface area contributed by atoms with Crippen molar-refractivity contribution in [1.82, 2.24) is 14.8 Å². The highest BCUT2D eigenvalue weighted by molar-refractivity contribution is 7.99. The zero-order valence-corrected chi connectivity index (χ0v) is 20.0. The third kappa shape index (κ3) is 4.69. The number of nitro groups is 1. The molecule has 0 spiro atoms. The third-order valence-electron chi connectivity index (χ3n) is 5.60. The molecule has 178 valence electrons. The number of Topliss-reactive ketones (excluding diaryl/α,β-unsaturated/α-hetero) is 1. The van der Waals surface area contributed by atoms with E-state index < -0.39 is 4.92 Å². The summed E-state index contributed by atoms with van der Waals surface area (Å²) in [5.41, 5.74) is 3.56. The highest BCUT2D eigenvalue weighted by Gasteiger charge is 2.20. The largest absolute Gasteiger partial charge is 0.453 e. The fraction of sp³-hybridized carbons (Fsp3) is 0.0741. The van der Waals surface area contributed by atoms with Gasteiger partial charge in [-0.05, 0) is 42.8 Å². The normalized spacial score (nSPS) is 10.9. The smallest absolute Gasteiger partial charge is 0.269 e. The van der Waals surface area contributed by atoms with Crippen molar-refractivity contribution in [2.75, 3.05) is 5.75 Å². The first-order valence-electron chi connectivity index (χ1n) is 11.1. The predicted molar refractivity (Wildman–Crippen MR) is 137 cm³/mol. The van der Waals surface area contributed by atoms with Crippen LogP contribution < -0.4 is 0 Å². The van der Waals surface area contributed by atoms with Gasteiger partial charge in [-0.15, -0.1) is 10.2 Å². The van der Waals surface area contributed by atoms with Crippen molar-refractivity contribution in [3.63, 3.8) is 0 Å². The SMILES string of the molecule is Cc1ccccc1-n1c(SCC(=O)c2ccc(-c3ccc([N+](=O)[O-])cc3)o2)nnc1-c1ccccc1. The van der Waals surface area contributed by atoms with E-state index in [0.29, 0.717) is 22.3 Å². The molecule has 0 unspecified atom stereocenters. The van der Waals surface area contributed by atoms with Crippen molar-refractivity contribution in [1.29, 1.82) is 0 Å². The maximum Gasteiger partial charge on any atom is 0.269 e. The van der Waals surface area contributed by atoms with Crippen molar-refractivity contribution in [2.24, 2.45) is 0 Å². The summed E-state index contributed by atoms with van der Waals surface area (Å²) < 4.78 is 7.72. The second kappa shape index (κ2) is 10.0. The fourth-order valence-corrected chi connectivity index (χ4v) is 4.58. The van der Waals surface area contributed by atoms with E-state index in [4.69, 9.17) is 4.42 Å². The second-order valence-electron chi connectivity index (χ2n) is 7.97. The van der Waals surface area contributed by atoms with E-state index in [0.717, 1.165) is 16.8 Å². The molecule has 0 aliphatic rings. The summed E-state index contributed by atoms with van der Waals surface area (Å²) in [7, 11) is 0. The molecule has 36 heavy (non-hydrogen) atoms. The number of furan rings is 1. The number of thioether (sulfide) groups is 1. The summed E-state index contributed by atoms with van der Waals surface area (Å²) >= 11 is 1.28. The van der Waals surface area contributed by atoms with E-state index >= 15 is 0 Å². The van der Waals surface area contributed by atoms with Gasteiger partial charge in [0.1, 0.15) is 5.76 Å². The topological polar surface area (TPSA) is 104 Å². The number of carbonyl (C=O) groups is 1. The minimum atomic E-state index is -0.461. The van der Waals surface area contributed by atoms with Gasteiger partial charge in [-0.1, -0.05) is 60.3 Å². The molecule has 0 aliphatic heterocycles. The van der Waals surface area contributed by atoms with Gasteiger partial charge < -0.3 is 4.42 Å². The van der Waals surface area contributed by atoms with Gasteiger partial charge in [0.15, 0.2) is 16.7 Å². The Morgan fingerprint density at radius 3 is 2.36 bits per heavy atom. The lowest BCUT2D eigenvalue weighted by molar-refractivity contribution is -0.384. The molecule has 2 aromatic heterocycles. The Hall–Kier alpha value is -4.50. The molecule has 5 aromatic rings. The number of aryl methyl sites for hydroxylation is 1. The van der Waals surface area contributed by atoms with Gasteiger partial charge in [0.25, 0.3) is 5.69 Å². The molecule has 0 aliphatic carbocycles. The summed E-state index contributed by atoms with van der Waals surface area (Å²) in [5.74, 6) is 1.27. The van der Waals surface area contributed by atoms with Crippen molar-refractivity contribution in [3.05, 3.63) is 112 Å². The van der Waals surface area contributed by atoms with Gasteiger partial charge >= 0.3 is 0 Å². The van der Waals surface area contributed by atoms with Crippen LogP contribution in [0.25, 0.3) is 28.4 Å². The number of nitro benzene ring substituents is 1. The van der Waals surface area contributed by atoms with E-state index in [9.17, 15) is 14.9 Å². The van der Waals surface area contributed by atoms with Crippen LogP contribution in [-0.2, 0) is 0 Å². The number of hydrogen-bond acceptors (Lipinski definition) is 7. The molecule has 0 amide bonds. The molecule has 5 rings (SSSR count). The summed E-state index contributed by atoms with van der Waals surface area (Å²) in [6.07, 6.45) is 0. The number of benzene rings is 3. The van der Waals surface area contributed by atoms with Crippen LogP contribution in [-0.4, -0.2) is 31.2 Å². The molecule has 9 heteroatoms. The van der Waals surface area contributed by atoms with E-state index in [-0.39, 0.29) is 23.0 Å². The number of rotatable bonds is 8. The lowest BCUT2D eigenvalue weighted by atomic mass is 10.1. The lowest BCUT2D eigenvalue weighted by Crippen LogP contribution is -2.05. The number of aromatic nitrogens is 3. The first-order chi connectivity index (χ1) is 17.5. The molecule has 0 saturated carbocycles. The summed E-state index contributed by atoms with van der Waals surface area (Å²) in [5, 5.41) is 20.3. The van der Waals surface area contributed by atoms with Crippen LogP contribution >= 0.6 is 11.8 Å². The summed E-state index contributed by atoms with van der Waals surface area (Å²) in [6.45, 7) is 2.02. The van der Waals surface area contributed by atoms with E-state index in [1.165, 1.54) is 23.9 Å². The van der Waals surface area contributed by atoms with Gasteiger partial charge in [0, 0.05) is 23.3 Å². The maximum atomic E-state index is 12.9. The molecular formula is C27H20N4O4S. The van der Waals surface area contributed by atoms with Crippen LogP contribution in [0, 0.1) is 17.0 Å². The Bertz CT molecular complexity index is 1540. The van der Waals surface area contributed by atoms with Gasteiger partial charge in [-0.2, -0.15) is 0 Å². The van der Waals surface area contributed by atoms with Crippen LogP contribution in [0.1, 0.15) is 16.1 Å². The van der Waals surface area contributed by atoms with Crippen LogP contribution in [0.3, 0.4) is 0 Å². The van der Waals surface area contributed by atoms with E-state index in [2.05, 4.69) is 10.2 Å². The van der Waals surface area contributed by atoms with Crippen molar-refractivity contribution in [3.8, 4) is 28.4 Å². The quantitative estimate of drug-likeness (QED) is 0.106. The van der Waals surface area contributed by atoms with E-state index in [1.54, 1.807) is 24.3 Å². The number of ketones is 1. The molecule has 0 fully saturated rings. The highest BCUT2D eigenvalue weighted by atomic mass is 32.2. The number of hydrogen-bond donors (Lipinski definition) is 0. The Kier molecular flexibility index (Phi) is 6.46. The molecule has 8 nitrogen and oxygen atoms in total. The van der Waals surface area contributed by atoms with Crippen LogP contribution in [0.5, 0.6) is 0 Å². The average Bonchev–Trinajstić information content (AvgIpc) is 3.56. The van der Waals surface area contributed by atoms with E-state index in [1.807, 2.05) is 66.1 Å². The fourth-order valence-electron chi connectivity index (χ4n) is 3.76. The minimum Gasteiger partial charge on any atom is -0.453 e. The van der Waals surface area contributed by atoms with Gasteiger partial charge in [-0.3, -0.25) is 19.5 Å². The molecular weight excluding hydrogens is 476 g/mol. The van der Waals surface area contributed by atoms with Crippen molar-refractivity contribution >= 4 is 23.2 Å². The van der Waals surface area contributed by atoms with Crippen LogP contribution in [0.2, 0.25) is 0 Å². The minimum absolute atomic E-state index is 0.00866. The number of carbonyl (C=O) groups excluding carboxylic acids is 1. The van der Waals surface area contributed by atoms with Crippen LogP contribution in [0.4, 0.5) is 5.69 Å². The molecule has 3 aromatic carbocycles. The Labute approximate surface area is 210 Å². The molecule has 2 heterocycles. The standard InChI is InChI=1S/C27H20N4O4S/c1-18-7-5-6-10-22(18)30-26(20-8-3-2-4-9-20)28-29-27(30)36-17-23(32)25-16-15-24(35-25)19-11-13-21(14-12-19)31(33)34/h2-16H,17H2,1H3. The van der Waals surface area contributed by atoms with Gasteiger partial charge in [0.2, 0.25) is 5.78 Å². The second-order valence-corrected chi connectivity index (χ2v) is 8.92. The summed E-state index contributed by atoms with van der Waals surface area (Å²) in [4.78, 5) is 23.3. The van der Waals surface area contributed by atoms with Crippen molar-refractivity contribution in [2.45, 2.75) is 12.1 Å². The third-order valence-corrected chi connectivity index (χ3v) is 6.53. The van der Waals surface area contributed by atoms with Crippen LogP contribution in [0.15, 0.2) is 101 Å². The molecule has 0 saturated heterocycles. The number of non-ortho nitro benzene ring substituents is 1. The Morgan fingerprint density at radius 2 is 1.64 bits per heavy atom. The van der Waals surface area contributed by atoms with Gasteiger partial charge in [0.05, 0.1) is 16.4 Å². The predicted octanol–water partition coefficient (Wildman–Crippen LogP) is 6.39. The highest BCUT2D eigenvalue weighted by Crippen LogP contribution is 2.30.